The minimum atomic E-state index is -3.58. The smallest absolute Gasteiger partial charge is 0.394 e. The van der Waals surface area contributed by atoms with E-state index >= 15 is 0 Å². The summed E-state index contributed by atoms with van der Waals surface area (Å²) in [6.07, 6.45) is -2.27. The first kappa shape index (κ1) is 10.0. The van der Waals surface area contributed by atoms with E-state index in [1.807, 2.05) is 0 Å². The van der Waals surface area contributed by atoms with E-state index in [-0.39, 0.29) is 12.5 Å². The summed E-state index contributed by atoms with van der Waals surface area (Å²) >= 11 is 0. The van der Waals surface area contributed by atoms with Gasteiger partial charge < -0.3 is 8.85 Å². The monoisotopic (exact) mass is 200 g/mol. The SMILES string of the molecule is CO[Si]1(OC)CCC(F)C1(F)F. The van der Waals surface area contributed by atoms with Gasteiger partial charge in [-0.3, -0.25) is 0 Å². The second-order valence-corrected chi connectivity index (χ2v) is 6.28. The van der Waals surface area contributed by atoms with Gasteiger partial charge >= 0.3 is 14.1 Å². The van der Waals surface area contributed by atoms with Crippen molar-refractivity contribution in [3.63, 3.8) is 0 Å². The van der Waals surface area contributed by atoms with Crippen molar-refractivity contribution >= 4 is 8.56 Å². The van der Waals surface area contributed by atoms with Crippen molar-refractivity contribution in [2.45, 2.75) is 24.2 Å². The van der Waals surface area contributed by atoms with E-state index in [2.05, 4.69) is 8.85 Å². The van der Waals surface area contributed by atoms with Gasteiger partial charge in [0.15, 0.2) is 6.17 Å². The summed E-state index contributed by atoms with van der Waals surface area (Å²) < 4.78 is 48.2. The number of hydrogen-bond donors (Lipinski definition) is 0. The molecule has 1 rings (SSSR count). The molecule has 1 atom stereocenters. The molecule has 0 aromatic carbocycles. The van der Waals surface area contributed by atoms with Crippen LogP contribution in [-0.2, 0) is 8.85 Å². The first-order chi connectivity index (χ1) is 5.50. The lowest BCUT2D eigenvalue weighted by atomic mass is 10.3. The minimum absolute atomic E-state index is 0.0220. The Morgan fingerprint density at radius 3 is 2.00 bits per heavy atom. The van der Waals surface area contributed by atoms with Gasteiger partial charge in [-0.2, -0.15) is 0 Å². The average Bonchev–Trinajstić information content (AvgIpc) is 2.26. The van der Waals surface area contributed by atoms with Gasteiger partial charge in [0.05, 0.1) is 0 Å². The van der Waals surface area contributed by atoms with Crippen molar-refractivity contribution in [3.05, 3.63) is 0 Å². The largest absolute Gasteiger partial charge is 0.417 e. The Balaban J connectivity index is 2.91. The van der Waals surface area contributed by atoms with Crippen molar-refractivity contribution < 1.29 is 22.0 Å². The summed E-state index contributed by atoms with van der Waals surface area (Å²) in [5.74, 6) is 0. The van der Waals surface area contributed by atoms with Crippen molar-refractivity contribution in [2.24, 2.45) is 0 Å². The summed E-state index contributed by atoms with van der Waals surface area (Å²) in [5.41, 5.74) is -3.41. The second kappa shape index (κ2) is 3.01. The van der Waals surface area contributed by atoms with E-state index in [9.17, 15) is 13.2 Å². The molecule has 1 saturated heterocycles. The van der Waals surface area contributed by atoms with Crippen LogP contribution >= 0.6 is 0 Å². The molecule has 6 heteroatoms. The van der Waals surface area contributed by atoms with Gasteiger partial charge in [-0.25, -0.2) is 13.2 Å². The van der Waals surface area contributed by atoms with Crippen LogP contribution in [0, 0.1) is 0 Å². The summed E-state index contributed by atoms with van der Waals surface area (Å²) in [5, 5.41) is 0. The third-order valence-electron chi connectivity index (χ3n) is 2.29. The minimum Gasteiger partial charge on any atom is -0.394 e. The molecule has 0 amide bonds. The zero-order chi connectivity index (χ0) is 9.41. The van der Waals surface area contributed by atoms with E-state index < -0.39 is 20.3 Å². The molecule has 0 aromatic rings. The van der Waals surface area contributed by atoms with Gasteiger partial charge in [-0.15, -0.1) is 0 Å². The molecule has 72 valence electrons. The maximum absolute atomic E-state index is 13.1. The Kier molecular flexibility index (Phi) is 2.51. The van der Waals surface area contributed by atoms with E-state index in [1.165, 1.54) is 0 Å². The first-order valence-corrected chi connectivity index (χ1v) is 5.65. The Labute approximate surface area is 69.9 Å². The maximum Gasteiger partial charge on any atom is 0.417 e. The Morgan fingerprint density at radius 2 is 1.83 bits per heavy atom. The molecule has 1 unspecified atom stereocenters. The molecule has 0 spiro atoms. The number of hydrogen-bond acceptors (Lipinski definition) is 2. The van der Waals surface area contributed by atoms with Crippen LogP contribution in [0.5, 0.6) is 0 Å². The summed E-state index contributed by atoms with van der Waals surface area (Å²) in [7, 11) is -1.27. The number of alkyl halides is 3. The van der Waals surface area contributed by atoms with E-state index in [0.29, 0.717) is 0 Å². The molecule has 0 saturated carbocycles. The number of halogens is 3. The highest BCUT2D eigenvalue weighted by Crippen LogP contribution is 2.45. The fourth-order valence-corrected chi connectivity index (χ4v) is 4.17. The molecular weight excluding hydrogens is 189 g/mol. The maximum atomic E-state index is 13.1. The van der Waals surface area contributed by atoms with Gasteiger partial charge in [-0.1, -0.05) is 0 Å². The van der Waals surface area contributed by atoms with Gasteiger partial charge in [0.2, 0.25) is 0 Å². The molecule has 2 nitrogen and oxygen atoms in total. The fourth-order valence-electron chi connectivity index (χ4n) is 1.46. The van der Waals surface area contributed by atoms with Gasteiger partial charge in [0, 0.05) is 14.2 Å². The molecule has 12 heavy (non-hydrogen) atoms. The quantitative estimate of drug-likeness (QED) is 0.631. The Hall–Kier alpha value is -0.0731. The normalized spacial score (nSPS) is 32.2. The molecular formula is C6H11F3O2Si. The fraction of sp³-hybridized carbons (Fsp3) is 1.00. The topological polar surface area (TPSA) is 18.5 Å². The highest BCUT2D eigenvalue weighted by atomic mass is 28.4. The van der Waals surface area contributed by atoms with Crippen LogP contribution in [-0.4, -0.2) is 34.5 Å². The highest BCUT2D eigenvalue weighted by molar-refractivity contribution is 6.71. The van der Waals surface area contributed by atoms with Crippen molar-refractivity contribution in [1.29, 1.82) is 0 Å². The lowest BCUT2D eigenvalue weighted by Gasteiger charge is -2.28. The molecule has 0 aromatic heterocycles. The number of rotatable bonds is 2. The third-order valence-corrected chi connectivity index (χ3v) is 5.88. The summed E-state index contributed by atoms with van der Waals surface area (Å²) in [4.78, 5) is 0. The molecule has 1 heterocycles. The van der Waals surface area contributed by atoms with Crippen molar-refractivity contribution in [2.75, 3.05) is 14.2 Å². The Morgan fingerprint density at radius 1 is 1.33 bits per heavy atom. The second-order valence-electron chi connectivity index (χ2n) is 2.79. The highest BCUT2D eigenvalue weighted by Gasteiger charge is 2.69. The predicted octanol–water partition coefficient (Wildman–Crippen LogP) is 1.64. The van der Waals surface area contributed by atoms with Gasteiger partial charge in [0.25, 0.3) is 0 Å². The zero-order valence-electron chi connectivity index (χ0n) is 6.94. The third kappa shape index (κ3) is 1.09. The average molecular weight is 200 g/mol. The first-order valence-electron chi connectivity index (χ1n) is 3.62. The van der Waals surface area contributed by atoms with Crippen molar-refractivity contribution in [1.82, 2.24) is 0 Å². The molecule has 1 aliphatic rings. The standard InChI is InChI=1S/C6H11F3O2Si/c1-10-12(11-2)4-3-5(7)6(12,8)9/h5H,3-4H2,1-2H3. The van der Waals surface area contributed by atoms with Crippen LogP contribution in [0.2, 0.25) is 6.04 Å². The van der Waals surface area contributed by atoms with E-state index in [0.717, 1.165) is 14.2 Å². The molecule has 0 radical (unpaired) electrons. The van der Waals surface area contributed by atoms with Crippen molar-refractivity contribution in [3.8, 4) is 0 Å². The van der Waals surface area contributed by atoms with Gasteiger partial charge in [0.1, 0.15) is 0 Å². The van der Waals surface area contributed by atoms with Gasteiger partial charge in [-0.05, 0) is 12.5 Å². The Bertz CT molecular complexity index is 172. The van der Waals surface area contributed by atoms with Crippen LogP contribution in [0.25, 0.3) is 0 Å². The van der Waals surface area contributed by atoms with Crippen LogP contribution in [0.1, 0.15) is 6.42 Å². The lowest BCUT2D eigenvalue weighted by molar-refractivity contribution is -0.0263. The molecule has 1 fully saturated rings. The summed E-state index contributed by atoms with van der Waals surface area (Å²) in [6, 6.07) is 0.0220. The van der Waals surface area contributed by atoms with Crippen LogP contribution in [0.4, 0.5) is 13.2 Å². The van der Waals surface area contributed by atoms with Crippen LogP contribution < -0.4 is 0 Å². The van der Waals surface area contributed by atoms with Crippen LogP contribution in [0.15, 0.2) is 0 Å². The zero-order valence-corrected chi connectivity index (χ0v) is 7.94. The molecule has 0 aliphatic carbocycles. The van der Waals surface area contributed by atoms with Crippen LogP contribution in [0.3, 0.4) is 0 Å². The van der Waals surface area contributed by atoms with E-state index in [1.54, 1.807) is 0 Å². The molecule has 0 bridgehead atoms. The predicted molar refractivity (Wildman–Crippen MR) is 39.0 cm³/mol. The lowest BCUT2D eigenvalue weighted by Crippen LogP contribution is -2.56. The molecule has 0 N–H and O–H groups in total. The molecule has 1 aliphatic heterocycles. The summed E-state index contributed by atoms with van der Waals surface area (Å²) in [6.45, 7) is 0. The van der Waals surface area contributed by atoms with E-state index in [4.69, 9.17) is 0 Å².